The van der Waals surface area contributed by atoms with Crippen molar-refractivity contribution in [1.29, 1.82) is 0 Å². The minimum atomic E-state index is -0.625. The zero-order valence-electron chi connectivity index (χ0n) is 17.5. The van der Waals surface area contributed by atoms with Crippen LogP contribution in [0, 0.1) is 11.6 Å². The topological polar surface area (TPSA) is 71.3 Å². The number of aryl methyl sites for hydroxylation is 1. The lowest BCUT2D eigenvalue weighted by Gasteiger charge is -2.34. The van der Waals surface area contributed by atoms with E-state index in [4.69, 9.17) is 10.5 Å². The largest absolute Gasteiger partial charge is 0.484 e. The van der Waals surface area contributed by atoms with Crippen molar-refractivity contribution in [2.75, 3.05) is 13.2 Å². The first-order valence-electron chi connectivity index (χ1n) is 10.4. The Labute approximate surface area is 179 Å². The third-order valence-corrected chi connectivity index (χ3v) is 5.89. The van der Waals surface area contributed by atoms with Crippen LogP contribution >= 0.6 is 0 Å². The van der Waals surface area contributed by atoms with Crippen LogP contribution in [0.25, 0.3) is 17.0 Å². The zero-order chi connectivity index (χ0) is 22.1. The number of halogens is 2. The van der Waals surface area contributed by atoms with E-state index in [9.17, 15) is 13.6 Å². The van der Waals surface area contributed by atoms with Crippen molar-refractivity contribution in [2.45, 2.75) is 32.7 Å². The third kappa shape index (κ3) is 4.00. The van der Waals surface area contributed by atoms with Crippen LogP contribution in [0.5, 0.6) is 5.75 Å². The second kappa shape index (κ2) is 8.41. The summed E-state index contributed by atoms with van der Waals surface area (Å²) in [5.41, 5.74) is 8.93. The van der Waals surface area contributed by atoms with E-state index >= 15 is 0 Å². The molecular formula is C24H25F2N3O2. The van der Waals surface area contributed by atoms with E-state index in [1.54, 1.807) is 18.2 Å². The highest BCUT2D eigenvalue weighted by molar-refractivity contribution is 5.98. The number of rotatable bonds is 7. The number of primary amides is 1. The van der Waals surface area contributed by atoms with E-state index in [-0.39, 0.29) is 29.8 Å². The number of likely N-dealkylation sites (N-methyl/N-ethyl adjacent to an activating group) is 1. The van der Waals surface area contributed by atoms with Crippen LogP contribution in [0.15, 0.2) is 42.2 Å². The van der Waals surface area contributed by atoms with Crippen LogP contribution in [0.4, 0.5) is 8.78 Å². The van der Waals surface area contributed by atoms with Gasteiger partial charge in [0.25, 0.3) is 0 Å². The van der Waals surface area contributed by atoms with E-state index in [1.165, 1.54) is 18.2 Å². The van der Waals surface area contributed by atoms with Crippen molar-refractivity contribution in [2.24, 2.45) is 5.73 Å². The molecule has 0 radical (unpaired) electrons. The molecule has 0 bridgehead atoms. The maximum Gasteiger partial charge on any atom is 0.249 e. The molecule has 0 spiro atoms. The molecule has 0 fully saturated rings. The monoisotopic (exact) mass is 425 g/mol. The van der Waals surface area contributed by atoms with Crippen molar-refractivity contribution in [1.82, 2.24) is 9.88 Å². The van der Waals surface area contributed by atoms with Crippen LogP contribution in [0.3, 0.4) is 0 Å². The number of carbonyl (C=O) groups is 1. The number of aromatic nitrogens is 1. The molecule has 2 heterocycles. The zero-order valence-corrected chi connectivity index (χ0v) is 17.5. The highest BCUT2D eigenvalue weighted by Gasteiger charge is 2.25. The number of nitrogens with one attached hydrogen (secondary N) is 1. The Hall–Kier alpha value is -3.35. The number of aromatic amines is 1. The van der Waals surface area contributed by atoms with Crippen molar-refractivity contribution in [3.05, 3.63) is 70.6 Å². The molecule has 1 aromatic heterocycles. The van der Waals surface area contributed by atoms with Crippen molar-refractivity contribution in [3.8, 4) is 5.75 Å². The number of carbonyl (C=O) groups excluding carboxylic acids is 1. The molecule has 4 rings (SSSR count). The molecule has 0 aliphatic carbocycles. The third-order valence-electron chi connectivity index (χ3n) is 5.89. The van der Waals surface area contributed by atoms with E-state index in [0.29, 0.717) is 5.56 Å². The molecule has 3 N–H and O–H groups in total. The predicted molar refractivity (Wildman–Crippen MR) is 117 cm³/mol. The van der Waals surface area contributed by atoms with Gasteiger partial charge in [-0.25, -0.2) is 8.78 Å². The SMILES string of the molecule is CCN(C1=Cc2c(C(N)=O)ccc(F)c2OC1)C(C)CCc1c[nH]c2ccc(F)cc12. The molecule has 1 unspecified atom stereocenters. The number of nitrogens with zero attached hydrogens (tertiary/aromatic N) is 1. The summed E-state index contributed by atoms with van der Waals surface area (Å²) in [6.07, 6.45) is 5.32. The van der Waals surface area contributed by atoms with Gasteiger partial charge < -0.3 is 20.4 Å². The molecule has 1 amide bonds. The van der Waals surface area contributed by atoms with E-state index in [0.717, 1.165) is 41.5 Å². The fourth-order valence-corrected chi connectivity index (χ4v) is 4.27. The first-order chi connectivity index (χ1) is 14.9. The predicted octanol–water partition coefficient (Wildman–Crippen LogP) is 4.62. The van der Waals surface area contributed by atoms with Gasteiger partial charge in [0.2, 0.25) is 5.91 Å². The van der Waals surface area contributed by atoms with Gasteiger partial charge in [0.05, 0.1) is 11.3 Å². The summed E-state index contributed by atoms with van der Waals surface area (Å²) in [5.74, 6) is -1.33. The Morgan fingerprint density at radius 2 is 2.10 bits per heavy atom. The van der Waals surface area contributed by atoms with Gasteiger partial charge in [-0.3, -0.25) is 4.79 Å². The summed E-state index contributed by atoms with van der Waals surface area (Å²) in [4.78, 5) is 17.2. The second-order valence-corrected chi connectivity index (χ2v) is 7.80. The van der Waals surface area contributed by atoms with Crippen LogP contribution < -0.4 is 10.5 Å². The molecule has 31 heavy (non-hydrogen) atoms. The second-order valence-electron chi connectivity index (χ2n) is 7.80. The maximum atomic E-state index is 14.2. The van der Waals surface area contributed by atoms with Crippen molar-refractivity contribution < 1.29 is 18.3 Å². The Bertz CT molecular complexity index is 1170. The van der Waals surface area contributed by atoms with Crippen LogP contribution in [0.1, 0.15) is 41.8 Å². The molecule has 0 saturated heterocycles. The summed E-state index contributed by atoms with van der Waals surface area (Å²) in [5, 5.41) is 0.894. The molecule has 7 heteroatoms. The van der Waals surface area contributed by atoms with Gasteiger partial charge in [0.1, 0.15) is 12.4 Å². The summed E-state index contributed by atoms with van der Waals surface area (Å²) in [6.45, 7) is 5.07. The van der Waals surface area contributed by atoms with Crippen LogP contribution in [0.2, 0.25) is 0 Å². The normalized spacial score (nSPS) is 14.0. The summed E-state index contributed by atoms with van der Waals surface area (Å²) in [6, 6.07) is 7.47. The lowest BCUT2D eigenvalue weighted by atomic mass is 10.0. The average Bonchev–Trinajstić information content (AvgIpc) is 3.14. The van der Waals surface area contributed by atoms with Gasteiger partial charge in [-0.2, -0.15) is 0 Å². The molecule has 0 saturated carbocycles. The standard InChI is InChI=1S/C24H25F2N3O2/c1-3-29(14(2)4-5-15-12-28-22-9-6-16(25)10-19(15)22)17-11-20-18(24(27)30)7-8-21(26)23(20)31-13-17/h6-12,14,28H,3-5,13H2,1-2H3,(H2,27,30). The molecule has 162 valence electrons. The number of H-pyrrole nitrogens is 1. The molecule has 2 aromatic carbocycles. The number of ether oxygens (including phenoxy) is 1. The summed E-state index contributed by atoms with van der Waals surface area (Å²) >= 11 is 0. The molecule has 3 aromatic rings. The average molecular weight is 425 g/mol. The highest BCUT2D eigenvalue weighted by Crippen LogP contribution is 2.34. The fraction of sp³-hybridized carbons (Fsp3) is 0.292. The van der Waals surface area contributed by atoms with Gasteiger partial charge in [0, 0.05) is 35.2 Å². The Kier molecular flexibility index (Phi) is 5.67. The van der Waals surface area contributed by atoms with E-state index in [1.807, 2.05) is 13.1 Å². The summed E-state index contributed by atoms with van der Waals surface area (Å²) in [7, 11) is 0. The Morgan fingerprint density at radius 3 is 2.84 bits per heavy atom. The van der Waals surface area contributed by atoms with Gasteiger partial charge in [-0.05, 0) is 68.7 Å². The van der Waals surface area contributed by atoms with Gasteiger partial charge in [-0.1, -0.05) is 0 Å². The minimum absolute atomic E-state index is 0.0598. The highest BCUT2D eigenvalue weighted by atomic mass is 19.1. The first-order valence-corrected chi connectivity index (χ1v) is 10.4. The first kappa shape index (κ1) is 20.9. The number of hydrogen-bond donors (Lipinski definition) is 2. The maximum absolute atomic E-state index is 14.2. The number of nitrogens with two attached hydrogens (primary N) is 1. The fourth-order valence-electron chi connectivity index (χ4n) is 4.27. The van der Waals surface area contributed by atoms with Crippen LogP contribution in [-0.4, -0.2) is 35.0 Å². The van der Waals surface area contributed by atoms with Crippen LogP contribution in [-0.2, 0) is 6.42 Å². The molecule has 1 aliphatic heterocycles. The molecule has 5 nitrogen and oxygen atoms in total. The number of benzene rings is 2. The van der Waals surface area contributed by atoms with Gasteiger partial charge in [0.15, 0.2) is 11.6 Å². The minimum Gasteiger partial charge on any atom is -0.484 e. The molecule has 1 atom stereocenters. The van der Waals surface area contributed by atoms with Gasteiger partial charge in [-0.15, -0.1) is 0 Å². The Morgan fingerprint density at radius 1 is 1.29 bits per heavy atom. The Balaban J connectivity index is 1.56. The van der Waals surface area contributed by atoms with E-state index < -0.39 is 11.7 Å². The number of fused-ring (bicyclic) bond motifs is 2. The van der Waals surface area contributed by atoms with Gasteiger partial charge >= 0.3 is 0 Å². The molecular weight excluding hydrogens is 400 g/mol. The quantitative estimate of drug-likeness (QED) is 0.580. The lowest BCUT2D eigenvalue weighted by Crippen LogP contribution is -2.36. The smallest absolute Gasteiger partial charge is 0.249 e. The van der Waals surface area contributed by atoms with Crippen molar-refractivity contribution in [3.63, 3.8) is 0 Å². The number of amides is 1. The lowest BCUT2D eigenvalue weighted by molar-refractivity contribution is 0.0999. The van der Waals surface area contributed by atoms with E-state index in [2.05, 4.69) is 16.8 Å². The van der Waals surface area contributed by atoms with Crippen molar-refractivity contribution >= 4 is 22.9 Å². The molecule has 1 aliphatic rings. The summed E-state index contributed by atoms with van der Waals surface area (Å²) < 4.78 is 33.5. The number of hydrogen-bond acceptors (Lipinski definition) is 3.